The summed E-state index contributed by atoms with van der Waals surface area (Å²) in [6, 6.07) is 22.2. The number of carboxylic acids is 1. The van der Waals surface area contributed by atoms with Crippen LogP contribution in [-0.4, -0.2) is 27.9 Å². The highest BCUT2D eigenvalue weighted by atomic mass is 32.2. The Morgan fingerprint density at radius 2 is 1.16 bits per heavy atom. The lowest BCUT2D eigenvalue weighted by molar-refractivity contribution is 0.0696. The summed E-state index contributed by atoms with van der Waals surface area (Å²) in [6.07, 6.45) is 0. The molecule has 0 amide bonds. The van der Waals surface area contributed by atoms with Crippen molar-refractivity contribution in [3.8, 4) is 11.5 Å². The van der Waals surface area contributed by atoms with Gasteiger partial charge in [-0.2, -0.15) is 0 Å². The molecule has 4 aromatic carbocycles. The van der Waals surface area contributed by atoms with E-state index in [1.165, 1.54) is 66.7 Å². The van der Waals surface area contributed by atoms with E-state index in [9.17, 15) is 26.7 Å². The Morgan fingerprint density at radius 3 is 1.68 bits per heavy atom. The third-order valence-electron chi connectivity index (χ3n) is 5.46. The summed E-state index contributed by atoms with van der Waals surface area (Å²) in [7, 11) is -8.16. The number of aromatic carboxylic acids is 1. The molecule has 0 saturated heterocycles. The van der Waals surface area contributed by atoms with E-state index in [2.05, 4.69) is 9.44 Å². The van der Waals surface area contributed by atoms with Crippen LogP contribution >= 0.6 is 0 Å². The maximum atomic E-state index is 13.1. The monoisotopic (exact) mass is 552 g/mol. The molecule has 0 aliphatic heterocycles. The molecule has 0 saturated carbocycles. The number of carboxylic acid groups (broad SMARTS) is 1. The smallest absolute Gasteiger partial charge is 0.335 e. The number of aryl methyl sites for hydroxylation is 2. The van der Waals surface area contributed by atoms with E-state index in [4.69, 9.17) is 4.74 Å². The molecule has 9 nitrogen and oxygen atoms in total. The quantitative estimate of drug-likeness (QED) is 0.253. The van der Waals surface area contributed by atoms with Crippen LogP contribution in [0, 0.1) is 13.8 Å². The Morgan fingerprint density at radius 1 is 0.658 bits per heavy atom. The van der Waals surface area contributed by atoms with Gasteiger partial charge in [-0.3, -0.25) is 9.44 Å². The predicted molar refractivity (Wildman–Crippen MR) is 144 cm³/mol. The van der Waals surface area contributed by atoms with Crippen molar-refractivity contribution < 1.29 is 31.5 Å². The van der Waals surface area contributed by atoms with Crippen LogP contribution in [0.25, 0.3) is 0 Å². The Bertz CT molecular complexity index is 1700. The first-order chi connectivity index (χ1) is 17.9. The van der Waals surface area contributed by atoms with Crippen LogP contribution in [0.5, 0.6) is 11.5 Å². The highest BCUT2D eigenvalue weighted by Gasteiger charge is 2.21. The number of hydrogen-bond donors (Lipinski definition) is 3. The van der Waals surface area contributed by atoms with Crippen LogP contribution in [0.15, 0.2) is 101 Å². The Labute approximate surface area is 220 Å². The SMILES string of the molecule is Cc1ccc(S(=O)(=O)Nc2ccc(Oc3cccc(C(=O)O)c3)cc2NS(=O)(=O)c2ccc(C)cc2)cc1. The molecule has 0 spiro atoms. The Balaban J connectivity index is 1.73. The fraction of sp³-hybridized carbons (Fsp3) is 0.0741. The summed E-state index contributed by atoms with van der Waals surface area (Å²) >= 11 is 0. The van der Waals surface area contributed by atoms with Gasteiger partial charge in [-0.05, 0) is 68.4 Å². The zero-order valence-corrected chi connectivity index (χ0v) is 22.0. The number of hydrogen-bond acceptors (Lipinski definition) is 6. The number of benzene rings is 4. The van der Waals surface area contributed by atoms with E-state index in [0.29, 0.717) is 0 Å². The van der Waals surface area contributed by atoms with Crippen molar-refractivity contribution in [2.24, 2.45) is 0 Å². The van der Waals surface area contributed by atoms with Crippen molar-refractivity contribution in [3.63, 3.8) is 0 Å². The second-order valence-corrected chi connectivity index (χ2v) is 11.8. The molecule has 0 atom stereocenters. The van der Waals surface area contributed by atoms with Crippen LogP contribution < -0.4 is 14.2 Å². The maximum absolute atomic E-state index is 13.1. The van der Waals surface area contributed by atoms with Crippen molar-refractivity contribution in [1.82, 2.24) is 0 Å². The largest absolute Gasteiger partial charge is 0.478 e. The van der Waals surface area contributed by atoms with Gasteiger partial charge >= 0.3 is 5.97 Å². The fourth-order valence-corrected chi connectivity index (χ4v) is 5.58. The first-order valence-electron chi connectivity index (χ1n) is 11.3. The predicted octanol–water partition coefficient (Wildman–Crippen LogP) is 5.40. The number of nitrogens with one attached hydrogen (secondary N) is 2. The molecule has 38 heavy (non-hydrogen) atoms. The van der Waals surface area contributed by atoms with Gasteiger partial charge in [-0.15, -0.1) is 0 Å². The summed E-state index contributed by atoms with van der Waals surface area (Å²) in [5.74, 6) is -0.791. The first kappa shape index (κ1) is 26.7. The molecule has 11 heteroatoms. The van der Waals surface area contributed by atoms with Crippen LogP contribution in [0.4, 0.5) is 11.4 Å². The maximum Gasteiger partial charge on any atom is 0.335 e. The molecule has 4 rings (SSSR count). The van der Waals surface area contributed by atoms with Crippen molar-refractivity contribution in [3.05, 3.63) is 108 Å². The number of sulfonamides is 2. The van der Waals surface area contributed by atoms with Gasteiger partial charge in [0.25, 0.3) is 20.0 Å². The molecule has 0 heterocycles. The van der Waals surface area contributed by atoms with Gasteiger partial charge in [0.05, 0.1) is 26.7 Å². The summed E-state index contributed by atoms with van der Waals surface area (Å²) in [6.45, 7) is 3.65. The normalized spacial score (nSPS) is 11.5. The fourth-order valence-electron chi connectivity index (χ4n) is 3.43. The molecule has 0 aromatic heterocycles. The van der Waals surface area contributed by atoms with Gasteiger partial charge in [-0.25, -0.2) is 21.6 Å². The van der Waals surface area contributed by atoms with E-state index in [0.717, 1.165) is 11.1 Å². The molecule has 0 unspecified atom stereocenters. The molecule has 0 aliphatic rings. The average molecular weight is 553 g/mol. The first-order valence-corrected chi connectivity index (χ1v) is 14.2. The van der Waals surface area contributed by atoms with Crippen molar-refractivity contribution in [2.45, 2.75) is 23.6 Å². The number of carbonyl (C=O) groups is 1. The van der Waals surface area contributed by atoms with Gasteiger partial charge in [0.1, 0.15) is 11.5 Å². The standard InChI is InChI=1S/C27H24N2O7S2/c1-18-6-11-23(12-7-18)37(32,33)28-25-15-10-22(36-21-5-3-4-20(16-21)27(30)31)17-26(25)29-38(34,35)24-13-8-19(2)9-14-24/h3-17,28-29H,1-2H3,(H,30,31). The van der Waals surface area contributed by atoms with Crippen LogP contribution in [0.3, 0.4) is 0 Å². The minimum absolute atomic E-state index is 0.00116. The van der Waals surface area contributed by atoms with Gasteiger partial charge in [-0.1, -0.05) is 41.5 Å². The van der Waals surface area contributed by atoms with E-state index in [-0.39, 0.29) is 38.2 Å². The van der Waals surface area contributed by atoms with E-state index < -0.39 is 26.0 Å². The second kappa shape index (κ2) is 10.6. The van der Waals surface area contributed by atoms with Gasteiger partial charge < -0.3 is 9.84 Å². The zero-order valence-electron chi connectivity index (χ0n) is 20.4. The third-order valence-corrected chi connectivity index (χ3v) is 8.22. The molecule has 0 radical (unpaired) electrons. The summed E-state index contributed by atoms with van der Waals surface area (Å²) < 4.78 is 63.0. The van der Waals surface area contributed by atoms with Gasteiger partial charge in [0.2, 0.25) is 0 Å². The van der Waals surface area contributed by atoms with E-state index >= 15 is 0 Å². The zero-order chi connectivity index (χ0) is 27.5. The van der Waals surface area contributed by atoms with E-state index in [1.54, 1.807) is 24.3 Å². The van der Waals surface area contributed by atoms with Gasteiger partial charge in [0, 0.05) is 6.07 Å². The Kier molecular flexibility index (Phi) is 7.42. The summed E-state index contributed by atoms with van der Waals surface area (Å²) in [5.41, 5.74) is 1.63. The molecule has 0 fully saturated rings. The van der Waals surface area contributed by atoms with Gasteiger partial charge in [0.15, 0.2) is 0 Å². The minimum Gasteiger partial charge on any atom is -0.478 e. The molecular weight excluding hydrogens is 528 g/mol. The van der Waals surface area contributed by atoms with Crippen LogP contribution in [-0.2, 0) is 20.0 Å². The second-order valence-electron chi connectivity index (χ2n) is 8.48. The van der Waals surface area contributed by atoms with Crippen LogP contribution in [0.1, 0.15) is 21.5 Å². The number of ether oxygens (including phenoxy) is 1. The molecule has 0 aliphatic carbocycles. The molecule has 4 aromatic rings. The average Bonchev–Trinajstić information content (AvgIpc) is 2.86. The highest BCUT2D eigenvalue weighted by Crippen LogP contribution is 2.33. The van der Waals surface area contributed by atoms with E-state index in [1.807, 2.05) is 13.8 Å². The summed E-state index contributed by atoms with van der Waals surface area (Å²) in [4.78, 5) is 11.3. The van der Waals surface area contributed by atoms with Crippen molar-refractivity contribution >= 4 is 37.4 Å². The number of rotatable bonds is 9. The lowest BCUT2D eigenvalue weighted by atomic mass is 10.2. The van der Waals surface area contributed by atoms with Crippen LogP contribution in [0.2, 0.25) is 0 Å². The molecule has 3 N–H and O–H groups in total. The molecule has 196 valence electrons. The summed E-state index contributed by atoms with van der Waals surface area (Å²) in [5, 5.41) is 9.23. The molecular formula is C27H24N2O7S2. The van der Waals surface area contributed by atoms with Crippen molar-refractivity contribution in [2.75, 3.05) is 9.44 Å². The lowest BCUT2D eigenvalue weighted by Gasteiger charge is -2.17. The third kappa shape index (κ3) is 6.31. The lowest BCUT2D eigenvalue weighted by Crippen LogP contribution is -2.17. The highest BCUT2D eigenvalue weighted by molar-refractivity contribution is 7.93. The molecule has 0 bridgehead atoms. The number of anilines is 2. The van der Waals surface area contributed by atoms with Crippen molar-refractivity contribution in [1.29, 1.82) is 0 Å². The topological polar surface area (TPSA) is 139 Å². The minimum atomic E-state index is -4.10. The Hall–Kier alpha value is -4.35.